The van der Waals surface area contributed by atoms with Crippen molar-refractivity contribution in [2.75, 3.05) is 26.7 Å². The van der Waals surface area contributed by atoms with Crippen LogP contribution in [-0.4, -0.2) is 31.6 Å². The summed E-state index contributed by atoms with van der Waals surface area (Å²) in [6, 6.07) is 10.5. The molecule has 0 saturated carbocycles. The first-order chi connectivity index (χ1) is 6.77. The maximum atomic E-state index is 5.78. The summed E-state index contributed by atoms with van der Waals surface area (Å²) < 4.78 is 0. The summed E-state index contributed by atoms with van der Waals surface area (Å²) in [6.45, 7) is 4.99. The van der Waals surface area contributed by atoms with Crippen molar-refractivity contribution in [1.82, 2.24) is 4.90 Å². The maximum Gasteiger partial charge on any atom is 0.00887 e. The van der Waals surface area contributed by atoms with Gasteiger partial charge in [-0.15, -0.1) is 0 Å². The molecule has 0 aromatic heterocycles. The van der Waals surface area contributed by atoms with E-state index in [9.17, 15) is 0 Å². The Morgan fingerprint density at radius 2 is 1.93 bits per heavy atom. The van der Waals surface area contributed by atoms with Gasteiger partial charge in [0.15, 0.2) is 0 Å². The summed E-state index contributed by atoms with van der Waals surface area (Å²) in [5.41, 5.74) is 7.12. The van der Waals surface area contributed by atoms with Gasteiger partial charge in [-0.25, -0.2) is 0 Å². The van der Waals surface area contributed by atoms with Gasteiger partial charge in [-0.2, -0.15) is 0 Å². The number of nitrogens with zero attached hydrogens (tertiary/aromatic N) is 1. The normalized spacial score (nSPS) is 13.1. The Kier molecular flexibility index (Phi) is 4.63. The fourth-order valence-corrected chi connectivity index (χ4v) is 1.55. The van der Waals surface area contributed by atoms with E-state index in [-0.39, 0.29) is 0 Å². The molecule has 0 amide bonds. The number of nitrogens with two attached hydrogens (primary N) is 1. The summed E-state index contributed by atoms with van der Waals surface area (Å²) in [6.07, 6.45) is 0. The molecule has 0 radical (unpaired) electrons. The first kappa shape index (κ1) is 11.2. The fraction of sp³-hybridized carbons (Fsp3) is 0.500. The van der Waals surface area contributed by atoms with E-state index in [2.05, 4.69) is 43.1 Å². The molecular formula is C12H20N2. The van der Waals surface area contributed by atoms with E-state index in [1.165, 1.54) is 5.56 Å². The molecule has 78 valence electrons. The minimum Gasteiger partial charge on any atom is -0.330 e. The van der Waals surface area contributed by atoms with Crippen LogP contribution in [-0.2, 0) is 0 Å². The Bertz CT molecular complexity index is 246. The highest BCUT2D eigenvalue weighted by atomic mass is 15.1. The number of hydrogen-bond acceptors (Lipinski definition) is 2. The van der Waals surface area contributed by atoms with E-state index in [0.717, 1.165) is 13.1 Å². The molecule has 0 heterocycles. The standard InChI is InChI=1S/C12H20N2/c1-3-14(2)10-12(9-13)11-7-5-4-6-8-11/h4-8,12H,3,9-10,13H2,1-2H3. The van der Waals surface area contributed by atoms with Gasteiger partial charge >= 0.3 is 0 Å². The lowest BCUT2D eigenvalue weighted by atomic mass is 9.99. The van der Waals surface area contributed by atoms with Gasteiger partial charge in [-0.1, -0.05) is 37.3 Å². The molecule has 0 bridgehead atoms. The van der Waals surface area contributed by atoms with Gasteiger partial charge in [0.25, 0.3) is 0 Å². The van der Waals surface area contributed by atoms with Crippen molar-refractivity contribution in [2.24, 2.45) is 5.73 Å². The molecule has 2 N–H and O–H groups in total. The largest absolute Gasteiger partial charge is 0.330 e. The molecule has 0 spiro atoms. The lowest BCUT2D eigenvalue weighted by Gasteiger charge is -2.21. The van der Waals surface area contributed by atoms with E-state index < -0.39 is 0 Å². The molecule has 1 atom stereocenters. The molecular weight excluding hydrogens is 172 g/mol. The highest BCUT2D eigenvalue weighted by Gasteiger charge is 2.10. The van der Waals surface area contributed by atoms with Gasteiger partial charge in [0.1, 0.15) is 0 Å². The minimum absolute atomic E-state index is 0.459. The van der Waals surface area contributed by atoms with Gasteiger partial charge < -0.3 is 10.6 Å². The number of hydrogen-bond donors (Lipinski definition) is 1. The smallest absolute Gasteiger partial charge is 0.00887 e. The zero-order chi connectivity index (χ0) is 10.4. The molecule has 2 nitrogen and oxygen atoms in total. The molecule has 0 saturated heterocycles. The van der Waals surface area contributed by atoms with Gasteiger partial charge in [-0.3, -0.25) is 0 Å². The van der Waals surface area contributed by atoms with Crippen LogP contribution in [0.5, 0.6) is 0 Å². The monoisotopic (exact) mass is 192 g/mol. The van der Waals surface area contributed by atoms with Crippen molar-refractivity contribution in [1.29, 1.82) is 0 Å². The predicted molar refractivity (Wildman–Crippen MR) is 61.4 cm³/mol. The first-order valence-corrected chi connectivity index (χ1v) is 5.21. The molecule has 1 aromatic rings. The molecule has 1 rings (SSSR count). The second kappa shape index (κ2) is 5.78. The van der Waals surface area contributed by atoms with Crippen molar-refractivity contribution < 1.29 is 0 Å². The molecule has 2 heteroatoms. The highest BCUT2D eigenvalue weighted by molar-refractivity contribution is 5.20. The van der Waals surface area contributed by atoms with Crippen LogP contribution >= 0.6 is 0 Å². The van der Waals surface area contributed by atoms with Crippen LogP contribution < -0.4 is 5.73 Å². The lowest BCUT2D eigenvalue weighted by Crippen LogP contribution is -2.28. The van der Waals surface area contributed by atoms with Gasteiger partial charge in [0.05, 0.1) is 0 Å². The SMILES string of the molecule is CCN(C)CC(CN)c1ccccc1. The molecule has 0 aliphatic heterocycles. The van der Waals surface area contributed by atoms with Crippen molar-refractivity contribution >= 4 is 0 Å². The van der Waals surface area contributed by atoms with E-state index >= 15 is 0 Å². The molecule has 14 heavy (non-hydrogen) atoms. The van der Waals surface area contributed by atoms with Crippen LogP contribution in [0.2, 0.25) is 0 Å². The molecule has 1 unspecified atom stereocenters. The van der Waals surface area contributed by atoms with Crippen LogP contribution in [0.15, 0.2) is 30.3 Å². The first-order valence-electron chi connectivity index (χ1n) is 5.21. The summed E-state index contributed by atoms with van der Waals surface area (Å²) in [5, 5.41) is 0. The average molecular weight is 192 g/mol. The van der Waals surface area contributed by atoms with Crippen LogP contribution in [0.3, 0.4) is 0 Å². The van der Waals surface area contributed by atoms with Gasteiger partial charge in [-0.05, 0) is 19.2 Å². The molecule has 0 aliphatic rings. The number of benzene rings is 1. The Hall–Kier alpha value is -0.860. The van der Waals surface area contributed by atoms with Gasteiger partial charge in [0, 0.05) is 19.0 Å². The minimum atomic E-state index is 0.459. The number of rotatable bonds is 5. The van der Waals surface area contributed by atoms with E-state index in [1.807, 2.05) is 6.07 Å². The summed E-state index contributed by atoms with van der Waals surface area (Å²) in [7, 11) is 2.13. The Morgan fingerprint density at radius 1 is 1.29 bits per heavy atom. The van der Waals surface area contributed by atoms with Crippen molar-refractivity contribution in [2.45, 2.75) is 12.8 Å². The summed E-state index contributed by atoms with van der Waals surface area (Å²) in [4.78, 5) is 2.30. The van der Waals surface area contributed by atoms with Crippen LogP contribution in [0, 0.1) is 0 Å². The van der Waals surface area contributed by atoms with Crippen molar-refractivity contribution in [3.63, 3.8) is 0 Å². The fourth-order valence-electron chi connectivity index (χ4n) is 1.55. The van der Waals surface area contributed by atoms with E-state index in [0.29, 0.717) is 12.5 Å². The Balaban J connectivity index is 2.63. The molecule has 0 aliphatic carbocycles. The Morgan fingerprint density at radius 3 is 2.43 bits per heavy atom. The van der Waals surface area contributed by atoms with E-state index in [4.69, 9.17) is 5.73 Å². The summed E-state index contributed by atoms with van der Waals surface area (Å²) >= 11 is 0. The average Bonchev–Trinajstić information content (AvgIpc) is 2.26. The number of likely N-dealkylation sites (N-methyl/N-ethyl adjacent to an activating group) is 1. The second-order valence-electron chi connectivity index (χ2n) is 3.70. The van der Waals surface area contributed by atoms with Gasteiger partial charge in [0.2, 0.25) is 0 Å². The van der Waals surface area contributed by atoms with Crippen LogP contribution in [0.25, 0.3) is 0 Å². The Labute approximate surface area is 86.7 Å². The third-order valence-electron chi connectivity index (χ3n) is 2.63. The zero-order valence-corrected chi connectivity index (χ0v) is 9.11. The van der Waals surface area contributed by atoms with Crippen LogP contribution in [0.1, 0.15) is 18.4 Å². The predicted octanol–water partition coefficient (Wildman–Crippen LogP) is 1.68. The van der Waals surface area contributed by atoms with Crippen molar-refractivity contribution in [3.8, 4) is 0 Å². The molecule has 0 fully saturated rings. The topological polar surface area (TPSA) is 29.3 Å². The third-order valence-corrected chi connectivity index (χ3v) is 2.63. The van der Waals surface area contributed by atoms with E-state index in [1.54, 1.807) is 0 Å². The molecule has 1 aromatic carbocycles. The van der Waals surface area contributed by atoms with Crippen molar-refractivity contribution in [3.05, 3.63) is 35.9 Å². The summed E-state index contributed by atoms with van der Waals surface area (Å²) in [5.74, 6) is 0.459. The second-order valence-corrected chi connectivity index (χ2v) is 3.70. The third kappa shape index (κ3) is 3.13. The maximum absolute atomic E-state index is 5.78. The van der Waals surface area contributed by atoms with Crippen LogP contribution in [0.4, 0.5) is 0 Å². The highest BCUT2D eigenvalue weighted by Crippen LogP contribution is 2.14. The lowest BCUT2D eigenvalue weighted by molar-refractivity contribution is 0.328. The quantitative estimate of drug-likeness (QED) is 0.769. The zero-order valence-electron chi connectivity index (χ0n) is 9.11.